The normalized spacial score (nSPS) is 18.9. The number of hydrogen-bond acceptors (Lipinski definition) is 3. The van der Waals surface area contributed by atoms with E-state index in [9.17, 15) is 0 Å². The Morgan fingerprint density at radius 3 is 2.44 bits per heavy atom. The zero-order valence-corrected chi connectivity index (χ0v) is 20.0. The fraction of sp³-hybridized carbons (Fsp3) is 0.290. The molecule has 4 aromatic rings. The van der Waals surface area contributed by atoms with Crippen molar-refractivity contribution in [3.05, 3.63) is 107 Å². The third kappa shape index (κ3) is 3.56. The summed E-state index contributed by atoms with van der Waals surface area (Å²) in [5, 5.41) is 2.71. The fourth-order valence-electron chi connectivity index (χ4n) is 5.96. The summed E-state index contributed by atoms with van der Waals surface area (Å²) in [5.41, 5.74) is 5.56. The summed E-state index contributed by atoms with van der Waals surface area (Å²) < 4.78 is 12.1. The summed E-state index contributed by atoms with van der Waals surface area (Å²) in [7, 11) is 4.02. The number of ether oxygens (including phenoxy) is 2. The van der Waals surface area contributed by atoms with Gasteiger partial charge in [0.25, 0.3) is 0 Å². The highest BCUT2D eigenvalue weighted by Gasteiger charge is 2.54. The van der Waals surface area contributed by atoms with Crippen LogP contribution in [0.4, 0.5) is 0 Å². The van der Waals surface area contributed by atoms with E-state index in [1.165, 1.54) is 40.3 Å². The van der Waals surface area contributed by atoms with Gasteiger partial charge in [0, 0.05) is 18.0 Å². The van der Waals surface area contributed by atoms with Crippen molar-refractivity contribution in [1.29, 1.82) is 0 Å². The molecule has 172 valence electrons. The molecule has 34 heavy (non-hydrogen) atoms. The molecule has 0 N–H and O–H groups in total. The van der Waals surface area contributed by atoms with Gasteiger partial charge in [-0.2, -0.15) is 0 Å². The van der Waals surface area contributed by atoms with Crippen molar-refractivity contribution in [3.8, 4) is 11.5 Å². The second-order valence-corrected chi connectivity index (χ2v) is 9.79. The lowest BCUT2D eigenvalue weighted by Gasteiger charge is -2.41. The first kappa shape index (κ1) is 21.2. The van der Waals surface area contributed by atoms with Gasteiger partial charge in [-0.15, -0.1) is 0 Å². The number of nitrogens with zero attached hydrogens (tertiary/aromatic N) is 1. The molecule has 1 atom stereocenters. The molecule has 6 rings (SSSR count). The van der Waals surface area contributed by atoms with Gasteiger partial charge in [0.1, 0.15) is 6.61 Å². The van der Waals surface area contributed by atoms with Crippen LogP contribution in [0.2, 0.25) is 0 Å². The molecule has 4 aromatic carbocycles. The van der Waals surface area contributed by atoms with E-state index in [1.54, 1.807) is 7.11 Å². The van der Waals surface area contributed by atoms with Gasteiger partial charge in [-0.05, 0) is 71.5 Å². The molecule has 0 spiro atoms. The maximum Gasteiger partial charge on any atom is 0.162 e. The second-order valence-electron chi connectivity index (χ2n) is 9.79. The first-order valence-corrected chi connectivity index (χ1v) is 12.3. The van der Waals surface area contributed by atoms with Gasteiger partial charge in [0.05, 0.1) is 7.11 Å². The Labute approximate surface area is 201 Å². The minimum Gasteiger partial charge on any atom is -0.493 e. The lowest BCUT2D eigenvalue weighted by molar-refractivity contribution is 0.186. The van der Waals surface area contributed by atoms with Gasteiger partial charge in [0.2, 0.25) is 0 Å². The van der Waals surface area contributed by atoms with Crippen molar-refractivity contribution < 1.29 is 9.47 Å². The van der Waals surface area contributed by atoms with Crippen molar-refractivity contribution >= 4 is 10.8 Å². The molecule has 0 aromatic heterocycles. The van der Waals surface area contributed by atoms with Crippen LogP contribution < -0.4 is 9.47 Å². The van der Waals surface area contributed by atoms with E-state index in [-0.39, 0.29) is 5.41 Å². The Morgan fingerprint density at radius 1 is 0.882 bits per heavy atom. The van der Waals surface area contributed by atoms with Crippen LogP contribution in [0.15, 0.2) is 84.9 Å². The lowest BCUT2D eigenvalue weighted by atomic mass is 9.77. The van der Waals surface area contributed by atoms with E-state index in [0.717, 1.165) is 30.0 Å². The average Bonchev–Trinajstić information content (AvgIpc) is 3.68. The Kier molecular flexibility index (Phi) is 5.30. The molecule has 3 nitrogen and oxygen atoms in total. The molecule has 1 aliphatic heterocycles. The third-order valence-corrected chi connectivity index (χ3v) is 7.77. The Bertz CT molecular complexity index is 1320. The van der Waals surface area contributed by atoms with Gasteiger partial charge in [-0.3, -0.25) is 4.90 Å². The number of rotatable bonds is 6. The molecule has 0 saturated heterocycles. The standard InChI is InChI=1S/C31H31NO2/c1-32-18-15-24-19-28(33-2)29(34-21-22-9-4-3-5-10-22)20-26(24)30(32)31(16-17-31)27-14-8-12-23-11-6-7-13-25(23)27/h3-14,19-20,30H,15-18,21H2,1-2H3. The van der Waals surface area contributed by atoms with Crippen molar-refractivity contribution in [1.82, 2.24) is 4.90 Å². The van der Waals surface area contributed by atoms with Crippen LogP contribution in [0, 0.1) is 0 Å². The zero-order chi connectivity index (χ0) is 23.1. The molecule has 1 heterocycles. The number of hydrogen-bond donors (Lipinski definition) is 0. The second kappa shape index (κ2) is 8.48. The summed E-state index contributed by atoms with van der Waals surface area (Å²) in [6, 6.07) is 30.8. The first-order chi connectivity index (χ1) is 16.7. The molecule has 1 fully saturated rings. The largest absolute Gasteiger partial charge is 0.493 e. The first-order valence-electron chi connectivity index (χ1n) is 12.3. The molecule has 1 aliphatic carbocycles. The highest BCUT2D eigenvalue weighted by atomic mass is 16.5. The highest BCUT2D eigenvalue weighted by molar-refractivity contribution is 5.87. The van der Waals surface area contributed by atoms with Crippen LogP contribution in [0.5, 0.6) is 11.5 Å². The Balaban J connectivity index is 1.43. The van der Waals surface area contributed by atoms with E-state index in [1.807, 2.05) is 6.07 Å². The molecule has 3 heteroatoms. The zero-order valence-electron chi connectivity index (χ0n) is 20.0. The minimum atomic E-state index is 0.135. The van der Waals surface area contributed by atoms with E-state index in [2.05, 4.69) is 90.8 Å². The highest BCUT2D eigenvalue weighted by Crippen LogP contribution is 2.61. The van der Waals surface area contributed by atoms with Gasteiger partial charge in [-0.25, -0.2) is 0 Å². The summed E-state index contributed by atoms with van der Waals surface area (Å²) >= 11 is 0. The Hall–Kier alpha value is -3.30. The maximum atomic E-state index is 6.33. The molecule has 1 saturated carbocycles. The molecule has 0 amide bonds. The molecular formula is C31H31NO2. The number of likely N-dealkylation sites (N-methyl/N-ethyl adjacent to an activating group) is 1. The van der Waals surface area contributed by atoms with Crippen molar-refractivity contribution in [2.45, 2.75) is 37.3 Å². The summed E-state index contributed by atoms with van der Waals surface area (Å²) in [4.78, 5) is 2.56. The smallest absolute Gasteiger partial charge is 0.162 e. The molecule has 1 unspecified atom stereocenters. The monoisotopic (exact) mass is 449 g/mol. The number of benzene rings is 4. The lowest BCUT2D eigenvalue weighted by Crippen LogP contribution is -2.39. The van der Waals surface area contributed by atoms with Crippen molar-refractivity contribution in [2.24, 2.45) is 0 Å². The van der Waals surface area contributed by atoms with Crippen LogP contribution in [-0.2, 0) is 18.4 Å². The van der Waals surface area contributed by atoms with Gasteiger partial charge < -0.3 is 9.47 Å². The minimum absolute atomic E-state index is 0.135. The maximum absolute atomic E-state index is 6.33. The predicted octanol–water partition coefficient (Wildman–Crippen LogP) is 6.69. The van der Waals surface area contributed by atoms with Gasteiger partial charge in [0.15, 0.2) is 11.5 Å². The average molecular weight is 450 g/mol. The predicted molar refractivity (Wildman–Crippen MR) is 138 cm³/mol. The van der Waals surface area contributed by atoms with Crippen molar-refractivity contribution in [2.75, 3.05) is 20.7 Å². The van der Waals surface area contributed by atoms with Crippen LogP contribution in [0.3, 0.4) is 0 Å². The number of fused-ring (bicyclic) bond motifs is 2. The third-order valence-electron chi connectivity index (χ3n) is 7.77. The summed E-state index contributed by atoms with van der Waals surface area (Å²) in [6.07, 6.45) is 3.45. The van der Waals surface area contributed by atoms with Crippen LogP contribution in [-0.4, -0.2) is 25.6 Å². The SMILES string of the molecule is COc1cc2c(cc1OCc1ccccc1)C(C1(c3cccc4ccccc34)CC1)N(C)CC2. The quantitative estimate of drug-likeness (QED) is 0.327. The van der Waals surface area contributed by atoms with E-state index in [4.69, 9.17) is 9.47 Å². The molecular weight excluding hydrogens is 418 g/mol. The summed E-state index contributed by atoms with van der Waals surface area (Å²) in [5.74, 6) is 1.66. The summed E-state index contributed by atoms with van der Waals surface area (Å²) in [6.45, 7) is 1.59. The molecule has 0 bridgehead atoms. The number of methoxy groups -OCH3 is 1. The van der Waals surface area contributed by atoms with Gasteiger partial charge >= 0.3 is 0 Å². The van der Waals surface area contributed by atoms with E-state index < -0.39 is 0 Å². The topological polar surface area (TPSA) is 21.7 Å². The van der Waals surface area contributed by atoms with Crippen LogP contribution in [0.1, 0.15) is 41.1 Å². The van der Waals surface area contributed by atoms with E-state index in [0.29, 0.717) is 12.6 Å². The van der Waals surface area contributed by atoms with Crippen LogP contribution >= 0.6 is 0 Å². The van der Waals surface area contributed by atoms with E-state index >= 15 is 0 Å². The molecule has 2 aliphatic rings. The molecule has 0 radical (unpaired) electrons. The Morgan fingerprint density at radius 2 is 1.65 bits per heavy atom. The van der Waals surface area contributed by atoms with Gasteiger partial charge in [-0.1, -0.05) is 72.8 Å². The van der Waals surface area contributed by atoms with Crippen molar-refractivity contribution in [3.63, 3.8) is 0 Å². The van der Waals surface area contributed by atoms with Crippen LogP contribution in [0.25, 0.3) is 10.8 Å². The fourth-order valence-corrected chi connectivity index (χ4v) is 5.96.